The fourth-order valence-corrected chi connectivity index (χ4v) is 2.22. The van der Waals surface area contributed by atoms with E-state index in [1.807, 2.05) is 6.92 Å². The van der Waals surface area contributed by atoms with Crippen LogP contribution in [0.3, 0.4) is 0 Å². The molecule has 1 saturated heterocycles. The maximum absolute atomic E-state index is 11.9. The van der Waals surface area contributed by atoms with Gasteiger partial charge in [0.05, 0.1) is 13.2 Å². The predicted octanol–water partition coefficient (Wildman–Crippen LogP) is 2.90. The molecule has 1 aliphatic heterocycles. The van der Waals surface area contributed by atoms with Crippen LogP contribution >= 0.6 is 0 Å². The lowest BCUT2D eigenvalue weighted by Crippen LogP contribution is -2.43. The Morgan fingerprint density at radius 3 is 2.70 bits per heavy atom. The Morgan fingerprint density at radius 2 is 2.10 bits per heavy atom. The number of likely N-dealkylation sites (tertiary alicyclic amines) is 1. The standard InChI is InChI=1S/C15H25NO4/c1-4-6-9-20-15(18)16-8-7-13(10-12(16)3)11-14(17)19-5-2/h11-12H,4-10H2,1-3H3/t12-/m0/s1. The topological polar surface area (TPSA) is 55.8 Å². The zero-order valence-corrected chi connectivity index (χ0v) is 12.7. The fourth-order valence-electron chi connectivity index (χ4n) is 2.22. The molecule has 1 amide bonds. The molecule has 1 atom stereocenters. The number of ether oxygens (including phenoxy) is 2. The molecule has 0 bridgehead atoms. The number of amides is 1. The van der Waals surface area contributed by atoms with Crippen molar-refractivity contribution in [2.24, 2.45) is 0 Å². The first-order valence-corrected chi connectivity index (χ1v) is 7.38. The van der Waals surface area contributed by atoms with Crippen LogP contribution in [0, 0.1) is 0 Å². The highest BCUT2D eigenvalue weighted by Crippen LogP contribution is 2.22. The highest BCUT2D eigenvalue weighted by Gasteiger charge is 2.27. The van der Waals surface area contributed by atoms with Crippen LogP contribution in [0.25, 0.3) is 0 Å². The molecule has 0 unspecified atom stereocenters. The number of piperidine rings is 1. The third kappa shape index (κ3) is 5.23. The summed E-state index contributed by atoms with van der Waals surface area (Å²) in [7, 11) is 0. The molecule has 5 nitrogen and oxygen atoms in total. The maximum atomic E-state index is 11.9. The van der Waals surface area contributed by atoms with Crippen molar-refractivity contribution >= 4 is 12.1 Å². The quantitative estimate of drug-likeness (QED) is 0.442. The lowest BCUT2D eigenvalue weighted by atomic mass is 9.98. The zero-order chi connectivity index (χ0) is 15.0. The number of hydrogen-bond donors (Lipinski definition) is 0. The second kappa shape index (κ2) is 8.61. The van der Waals surface area contributed by atoms with Crippen LogP contribution in [-0.2, 0) is 14.3 Å². The van der Waals surface area contributed by atoms with Gasteiger partial charge in [0.15, 0.2) is 0 Å². The molecule has 20 heavy (non-hydrogen) atoms. The number of rotatable bonds is 5. The predicted molar refractivity (Wildman–Crippen MR) is 76.4 cm³/mol. The highest BCUT2D eigenvalue weighted by atomic mass is 16.6. The molecule has 114 valence electrons. The third-order valence-electron chi connectivity index (χ3n) is 3.33. The minimum absolute atomic E-state index is 0.0542. The van der Waals surface area contributed by atoms with E-state index < -0.39 is 0 Å². The average molecular weight is 283 g/mol. The van der Waals surface area contributed by atoms with E-state index in [-0.39, 0.29) is 18.1 Å². The summed E-state index contributed by atoms with van der Waals surface area (Å²) >= 11 is 0. The van der Waals surface area contributed by atoms with Gasteiger partial charge in [0.1, 0.15) is 0 Å². The highest BCUT2D eigenvalue weighted by molar-refractivity contribution is 5.82. The summed E-state index contributed by atoms with van der Waals surface area (Å²) in [6.45, 7) is 7.27. The first-order chi connectivity index (χ1) is 9.58. The van der Waals surface area contributed by atoms with Crippen LogP contribution in [0.15, 0.2) is 11.6 Å². The Bertz CT molecular complexity index is 365. The van der Waals surface area contributed by atoms with E-state index in [0.717, 1.165) is 18.4 Å². The van der Waals surface area contributed by atoms with Gasteiger partial charge >= 0.3 is 12.1 Å². The van der Waals surface area contributed by atoms with Gasteiger partial charge in [-0.05, 0) is 33.1 Å². The van der Waals surface area contributed by atoms with Crippen molar-refractivity contribution in [3.63, 3.8) is 0 Å². The van der Waals surface area contributed by atoms with Gasteiger partial charge in [-0.1, -0.05) is 18.9 Å². The summed E-state index contributed by atoms with van der Waals surface area (Å²) < 4.78 is 10.1. The van der Waals surface area contributed by atoms with Crippen molar-refractivity contribution in [2.45, 2.75) is 52.5 Å². The molecule has 0 aromatic rings. The van der Waals surface area contributed by atoms with Crippen molar-refractivity contribution in [2.75, 3.05) is 19.8 Å². The first kappa shape index (κ1) is 16.5. The Labute approximate surface area is 120 Å². The van der Waals surface area contributed by atoms with Gasteiger partial charge in [0.25, 0.3) is 0 Å². The maximum Gasteiger partial charge on any atom is 0.410 e. The average Bonchev–Trinajstić information content (AvgIpc) is 2.39. The molecular weight excluding hydrogens is 258 g/mol. The number of esters is 1. The fraction of sp³-hybridized carbons (Fsp3) is 0.733. The van der Waals surface area contributed by atoms with Crippen molar-refractivity contribution in [3.05, 3.63) is 11.6 Å². The van der Waals surface area contributed by atoms with Gasteiger partial charge in [0, 0.05) is 18.7 Å². The van der Waals surface area contributed by atoms with Crippen LogP contribution in [0.5, 0.6) is 0 Å². The van der Waals surface area contributed by atoms with Gasteiger partial charge in [-0.15, -0.1) is 0 Å². The zero-order valence-electron chi connectivity index (χ0n) is 12.7. The number of unbranched alkanes of at least 4 members (excludes halogenated alkanes) is 1. The van der Waals surface area contributed by atoms with E-state index in [4.69, 9.17) is 9.47 Å². The van der Waals surface area contributed by atoms with E-state index >= 15 is 0 Å². The summed E-state index contributed by atoms with van der Waals surface area (Å²) in [4.78, 5) is 25.0. The van der Waals surface area contributed by atoms with Crippen LogP contribution in [0.4, 0.5) is 4.79 Å². The normalized spacial score (nSPS) is 20.9. The van der Waals surface area contributed by atoms with Crippen LogP contribution in [-0.4, -0.2) is 42.8 Å². The summed E-state index contributed by atoms with van der Waals surface area (Å²) in [5, 5.41) is 0. The smallest absolute Gasteiger partial charge is 0.410 e. The van der Waals surface area contributed by atoms with Gasteiger partial charge in [-0.2, -0.15) is 0 Å². The molecule has 0 saturated carbocycles. The summed E-state index contributed by atoms with van der Waals surface area (Å²) in [5.41, 5.74) is 1.04. The van der Waals surface area contributed by atoms with Crippen molar-refractivity contribution in [3.8, 4) is 0 Å². The van der Waals surface area contributed by atoms with Gasteiger partial charge < -0.3 is 14.4 Å². The van der Waals surface area contributed by atoms with Gasteiger partial charge in [-0.3, -0.25) is 0 Å². The Hall–Kier alpha value is -1.52. The molecule has 1 rings (SSSR count). The monoisotopic (exact) mass is 283 g/mol. The number of hydrogen-bond acceptors (Lipinski definition) is 4. The molecule has 1 fully saturated rings. The lowest BCUT2D eigenvalue weighted by molar-refractivity contribution is -0.137. The Kier molecular flexibility index (Phi) is 7.12. The molecule has 0 aromatic carbocycles. The molecule has 1 heterocycles. The summed E-state index contributed by atoms with van der Waals surface area (Å²) in [6, 6.07) is 0.0542. The number of carbonyl (C=O) groups excluding carboxylic acids is 2. The Morgan fingerprint density at radius 1 is 1.35 bits per heavy atom. The van der Waals surface area contributed by atoms with Crippen LogP contribution < -0.4 is 0 Å². The minimum atomic E-state index is -0.298. The Balaban J connectivity index is 2.46. The largest absolute Gasteiger partial charge is 0.463 e. The van der Waals surface area contributed by atoms with Gasteiger partial charge in [-0.25, -0.2) is 9.59 Å². The molecule has 0 aliphatic carbocycles. The second-order valence-electron chi connectivity index (χ2n) is 5.02. The van der Waals surface area contributed by atoms with Crippen molar-refractivity contribution in [1.82, 2.24) is 4.90 Å². The third-order valence-corrected chi connectivity index (χ3v) is 3.33. The van der Waals surface area contributed by atoms with E-state index in [1.54, 1.807) is 17.9 Å². The van der Waals surface area contributed by atoms with E-state index in [2.05, 4.69) is 6.92 Å². The van der Waals surface area contributed by atoms with Crippen molar-refractivity contribution in [1.29, 1.82) is 0 Å². The SMILES string of the molecule is CCCCOC(=O)N1CCC(=CC(=O)OCC)C[C@@H]1C. The number of nitrogens with zero attached hydrogens (tertiary/aromatic N) is 1. The molecule has 0 aromatic heterocycles. The summed E-state index contributed by atoms with van der Waals surface area (Å²) in [6.07, 6.45) is 4.60. The lowest BCUT2D eigenvalue weighted by Gasteiger charge is -2.33. The molecule has 0 N–H and O–H groups in total. The van der Waals surface area contributed by atoms with Crippen LogP contribution in [0.1, 0.15) is 46.5 Å². The van der Waals surface area contributed by atoms with E-state index in [1.165, 1.54) is 0 Å². The minimum Gasteiger partial charge on any atom is -0.463 e. The van der Waals surface area contributed by atoms with E-state index in [9.17, 15) is 9.59 Å². The second-order valence-corrected chi connectivity index (χ2v) is 5.02. The van der Waals surface area contributed by atoms with Crippen LogP contribution in [0.2, 0.25) is 0 Å². The van der Waals surface area contributed by atoms with E-state index in [0.29, 0.717) is 32.6 Å². The summed E-state index contributed by atoms with van der Waals surface area (Å²) in [5.74, 6) is -0.298. The molecule has 0 spiro atoms. The molecule has 1 aliphatic rings. The van der Waals surface area contributed by atoms with Gasteiger partial charge in [0.2, 0.25) is 0 Å². The first-order valence-electron chi connectivity index (χ1n) is 7.38. The van der Waals surface area contributed by atoms with Crippen molar-refractivity contribution < 1.29 is 19.1 Å². The molecule has 5 heteroatoms. The number of carbonyl (C=O) groups is 2. The molecule has 0 radical (unpaired) electrons. The molecular formula is C15H25NO4.